The molecule has 2 rings (SSSR count). The molecular formula is C15H13ClN2O3. The highest BCUT2D eigenvalue weighted by atomic mass is 35.5. The van der Waals surface area contributed by atoms with Crippen LogP contribution in [0.2, 0.25) is 5.15 Å². The molecule has 0 bridgehead atoms. The van der Waals surface area contributed by atoms with Crippen molar-refractivity contribution in [3.05, 3.63) is 58.4 Å². The predicted molar refractivity (Wildman–Crippen MR) is 79.7 cm³/mol. The second kappa shape index (κ2) is 6.37. The van der Waals surface area contributed by atoms with Gasteiger partial charge in [-0.3, -0.25) is 4.79 Å². The second-order valence-corrected chi connectivity index (χ2v) is 4.73. The lowest BCUT2D eigenvalue weighted by atomic mass is 10.2. The SMILES string of the molecule is COC(=O)c1ccc(NC(=O)c2cc(C)nc(Cl)c2)cc1. The van der Waals surface area contributed by atoms with Gasteiger partial charge in [0.05, 0.1) is 12.7 Å². The molecule has 1 aromatic heterocycles. The zero-order chi connectivity index (χ0) is 15.4. The molecule has 0 saturated carbocycles. The Bertz CT molecular complexity index is 664. The number of pyridine rings is 1. The minimum absolute atomic E-state index is 0.265. The maximum absolute atomic E-state index is 12.1. The van der Waals surface area contributed by atoms with Gasteiger partial charge < -0.3 is 10.1 Å². The number of aromatic nitrogens is 1. The number of rotatable bonds is 3. The van der Waals surface area contributed by atoms with Crippen molar-refractivity contribution in [2.24, 2.45) is 0 Å². The van der Waals surface area contributed by atoms with Gasteiger partial charge >= 0.3 is 5.97 Å². The summed E-state index contributed by atoms with van der Waals surface area (Å²) < 4.78 is 4.61. The van der Waals surface area contributed by atoms with Crippen molar-refractivity contribution in [1.29, 1.82) is 0 Å². The van der Waals surface area contributed by atoms with Crippen molar-refractivity contribution in [1.82, 2.24) is 4.98 Å². The average Bonchev–Trinajstić information content (AvgIpc) is 2.46. The lowest BCUT2D eigenvalue weighted by Crippen LogP contribution is -2.12. The molecule has 1 amide bonds. The van der Waals surface area contributed by atoms with E-state index in [2.05, 4.69) is 15.0 Å². The van der Waals surface area contributed by atoms with Gasteiger partial charge in [0.15, 0.2) is 0 Å². The maximum Gasteiger partial charge on any atom is 0.337 e. The van der Waals surface area contributed by atoms with Crippen molar-refractivity contribution in [2.45, 2.75) is 6.92 Å². The van der Waals surface area contributed by atoms with Crippen molar-refractivity contribution in [3.63, 3.8) is 0 Å². The molecule has 0 radical (unpaired) electrons. The Morgan fingerprint density at radius 2 is 1.81 bits per heavy atom. The van der Waals surface area contributed by atoms with Gasteiger partial charge in [-0.1, -0.05) is 11.6 Å². The summed E-state index contributed by atoms with van der Waals surface area (Å²) in [5.74, 6) is -0.724. The number of carbonyl (C=O) groups excluding carboxylic acids is 2. The van der Waals surface area contributed by atoms with E-state index in [9.17, 15) is 9.59 Å². The normalized spacial score (nSPS) is 10.0. The number of ether oxygens (including phenoxy) is 1. The van der Waals surface area contributed by atoms with Crippen molar-refractivity contribution in [2.75, 3.05) is 12.4 Å². The van der Waals surface area contributed by atoms with E-state index in [1.54, 1.807) is 37.3 Å². The van der Waals surface area contributed by atoms with Crippen molar-refractivity contribution in [3.8, 4) is 0 Å². The van der Waals surface area contributed by atoms with Gasteiger partial charge in [-0.15, -0.1) is 0 Å². The molecule has 0 atom stereocenters. The van der Waals surface area contributed by atoms with Gasteiger partial charge in [-0.25, -0.2) is 9.78 Å². The number of amides is 1. The van der Waals surface area contributed by atoms with Gasteiger partial charge in [0.2, 0.25) is 0 Å². The number of nitrogens with one attached hydrogen (secondary N) is 1. The van der Waals surface area contributed by atoms with Crippen LogP contribution in [0.25, 0.3) is 0 Å². The first-order chi connectivity index (χ1) is 9.99. The predicted octanol–water partition coefficient (Wildman–Crippen LogP) is 3.08. The third kappa shape index (κ3) is 3.79. The Balaban J connectivity index is 2.14. The summed E-state index contributed by atoms with van der Waals surface area (Å²) in [5.41, 5.74) is 2.06. The molecule has 108 valence electrons. The van der Waals surface area contributed by atoms with Gasteiger partial charge in [-0.2, -0.15) is 0 Å². The van der Waals surface area contributed by atoms with Crippen LogP contribution in [0.5, 0.6) is 0 Å². The standard InChI is InChI=1S/C15H13ClN2O3/c1-9-7-11(8-13(16)17-9)14(19)18-12-5-3-10(4-6-12)15(20)21-2/h3-8H,1-2H3,(H,18,19). The van der Waals surface area contributed by atoms with Crippen LogP contribution in [0.4, 0.5) is 5.69 Å². The lowest BCUT2D eigenvalue weighted by Gasteiger charge is -2.07. The Hall–Kier alpha value is -2.40. The Morgan fingerprint density at radius 1 is 1.14 bits per heavy atom. The highest BCUT2D eigenvalue weighted by molar-refractivity contribution is 6.29. The molecule has 21 heavy (non-hydrogen) atoms. The van der Waals surface area contributed by atoms with Crippen LogP contribution >= 0.6 is 11.6 Å². The summed E-state index contributed by atoms with van der Waals surface area (Å²) in [6, 6.07) is 9.54. The molecule has 0 saturated heterocycles. The van der Waals surface area contributed by atoms with E-state index >= 15 is 0 Å². The van der Waals surface area contributed by atoms with Crippen LogP contribution in [0.3, 0.4) is 0 Å². The highest BCUT2D eigenvalue weighted by Gasteiger charge is 2.09. The second-order valence-electron chi connectivity index (χ2n) is 4.34. The fraction of sp³-hybridized carbons (Fsp3) is 0.133. The summed E-state index contributed by atoms with van der Waals surface area (Å²) in [6.07, 6.45) is 0. The van der Waals surface area contributed by atoms with E-state index < -0.39 is 5.97 Å². The molecule has 0 aliphatic rings. The molecule has 5 nitrogen and oxygen atoms in total. The molecule has 0 unspecified atom stereocenters. The molecule has 1 N–H and O–H groups in total. The van der Waals surface area contributed by atoms with Gasteiger partial charge in [0.25, 0.3) is 5.91 Å². The quantitative estimate of drug-likeness (QED) is 0.699. The third-order valence-corrected chi connectivity index (χ3v) is 2.94. The van der Waals surface area contributed by atoms with E-state index in [0.29, 0.717) is 22.5 Å². The summed E-state index contributed by atoms with van der Waals surface area (Å²) in [6.45, 7) is 1.76. The third-order valence-electron chi connectivity index (χ3n) is 2.75. The number of benzene rings is 1. The van der Waals surface area contributed by atoms with Crippen LogP contribution in [0.15, 0.2) is 36.4 Å². The van der Waals surface area contributed by atoms with Crippen LogP contribution in [0, 0.1) is 6.92 Å². The molecule has 6 heteroatoms. The van der Waals surface area contributed by atoms with Crippen LogP contribution < -0.4 is 5.32 Å². The van der Waals surface area contributed by atoms with Gasteiger partial charge in [0, 0.05) is 16.9 Å². The minimum Gasteiger partial charge on any atom is -0.465 e. The summed E-state index contributed by atoms with van der Waals surface area (Å²) >= 11 is 5.83. The smallest absolute Gasteiger partial charge is 0.337 e. The number of hydrogen-bond acceptors (Lipinski definition) is 4. The number of carbonyl (C=O) groups is 2. The van der Waals surface area contributed by atoms with E-state index in [-0.39, 0.29) is 11.1 Å². The van der Waals surface area contributed by atoms with E-state index in [4.69, 9.17) is 11.6 Å². The number of anilines is 1. The van der Waals surface area contributed by atoms with Crippen LogP contribution in [0.1, 0.15) is 26.4 Å². The molecule has 2 aromatic rings. The molecule has 0 spiro atoms. The highest BCUT2D eigenvalue weighted by Crippen LogP contribution is 2.14. The zero-order valence-electron chi connectivity index (χ0n) is 11.5. The molecule has 1 aromatic carbocycles. The number of nitrogens with zero attached hydrogens (tertiary/aromatic N) is 1. The Labute approximate surface area is 126 Å². The van der Waals surface area contributed by atoms with E-state index in [1.165, 1.54) is 13.2 Å². The Kier molecular flexibility index (Phi) is 4.55. The number of methoxy groups -OCH3 is 1. The van der Waals surface area contributed by atoms with Crippen molar-refractivity contribution < 1.29 is 14.3 Å². The first kappa shape index (κ1) is 15.0. The molecule has 0 aliphatic heterocycles. The molecule has 0 aliphatic carbocycles. The first-order valence-corrected chi connectivity index (χ1v) is 6.51. The maximum atomic E-state index is 12.1. The monoisotopic (exact) mass is 304 g/mol. The minimum atomic E-state index is -0.426. The summed E-state index contributed by atoms with van der Waals surface area (Å²) in [4.78, 5) is 27.4. The average molecular weight is 305 g/mol. The lowest BCUT2D eigenvalue weighted by molar-refractivity contribution is 0.0600. The molecule has 1 heterocycles. The van der Waals surface area contributed by atoms with Gasteiger partial charge in [-0.05, 0) is 43.3 Å². The van der Waals surface area contributed by atoms with Crippen LogP contribution in [-0.4, -0.2) is 24.0 Å². The zero-order valence-corrected chi connectivity index (χ0v) is 12.3. The van der Waals surface area contributed by atoms with E-state index in [1.807, 2.05) is 0 Å². The van der Waals surface area contributed by atoms with E-state index in [0.717, 1.165) is 0 Å². The number of hydrogen-bond donors (Lipinski definition) is 1. The molecular weight excluding hydrogens is 292 g/mol. The summed E-state index contributed by atoms with van der Waals surface area (Å²) in [7, 11) is 1.31. The molecule has 0 fully saturated rings. The van der Waals surface area contributed by atoms with Crippen molar-refractivity contribution >= 4 is 29.2 Å². The fourth-order valence-electron chi connectivity index (χ4n) is 1.77. The summed E-state index contributed by atoms with van der Waals surface area (Å²) in [5, 5.41) is 2.98. The fourth-order valence-corrected chi connectivity index (χ4v) is 2.02. The topological polar surface area (TPSA) is 68.3 Å². The number of aryl methyl sites for hydroxylation is 1. The van der Waals surface area contributed by atoms with Crippen LogP contribution in [-0.2, 0) is 4.74 Å². The van der Waals surface area contributed by atoms with Gasteiger partial charge in [0.1, 0.15) is 5.15 Å². The largest absolute Gasteiger partial charge is 0.465 e. The first-order valence-electron chi connectivity index (χ1n) is 6.13. The number of esters is 1. The Morgan fingerprint density at radius 3 is 2.38 bits per heavy atom. The number of halogens is 1.